The first-order valence-electron chi connectivity index (χ1n) is 9.56. The summed E-state index contributed by atoms with van der Waals surface area (Å²) in [5.74, 6) is -0.676. The van der Waals surface area contributed by atoms with Crippen LogP contribution in [0.2, 0.25) is 5.02 Å². The number of carbonyl (C=O) groups excluding carboxylic acids is 2. The molecule has 0 spiro atoms. The maximum atomic E-state index is 12.6. The van der Waals surface area contributed by atoms with Gasteiger partial charge in [0.25, 0.3) is 5.91 Å². The number of nitrogens with zero attached hydrogens (tertiary/aromatic N) is 3. The molecule has 8 nitrogen and oxygen atoms in total. The normalized spacial score (nSPS) is 20.7. The molecule has 31 heavy (non-hydrogen) atoms. The molecule has 0 unspecified atom stereocenters. The fourth-order valence-corrected chi connectivity index (χ4v) is 4.01. The Hall–Kier alpha value is -2.79. The first kappa shape index (κ1) is 21.4. The molecule has 0 atom stereocenters. The number of carbonyl (C=O) groups is 2. The van der Waals surface area contributed by atoms with E-state index in [2.05, 4.69) is 15.2 Å². The highest BCUT2D eigenvalue weighted by Gasteiger charge is 2.41. The number of benzene rings is 1. The molecule has 3 amide bonds. The van der Waals surface area contributed by atoms with Crippen LogP contribution >= 0.6 is 11.6 Å². The quantitative estimate of drug-likeness (QED) is 0.736. The summed E-state index contributed by atoms with van der Waals surface area (Å²) in [5.41, 5.74) is 7.33. The molecule has 0 radical (unpaired) electrons. The Morgan fingerprint density at radius 1 is 1.26 bits per heavy atom. The van der Waals surface area contributed by atoms with Crippen LogP contribution in [0, 0.1) is 0 Å². The number of halogens is 4. The first-order valence-corrected chi connectivity index (χ1v) is 9.94. The summed E-state index contributed by atoms with van der Waals surface area (Å²) in [5, 5.41) is 7.67. The van der Waals surface area contributed by atoms with Gasteiger partial charge in [0.05, 0.1) is 30.5 Å². The molecule has 0 bridgehead atoms. The lowest BCUT2D eigenvalue weighted by atomic mass is 9.89. The standard InChI is InChI=1S/C19H19ClF3N5O3/c20-11-3-1-2-10(6-11)16-15(17(24)29)14-9-27(4-5-28(14)26-16)18(30)25-12-7-13(8-12)31-19(21,22)23/h1-3,6,12-13H,4-5,7-9H2,(H2,24,29)(H,25,30). The maximum Gasteiger partial charge on any atom is 0.522 e. The lowest BCUT2D eigenvalue weighted by Gasteiger charge is -2.37. The van der Waals surface area contributed by atoms with Gasteiger partial charge < -0.3 is 16.0 Å². The molecule has 2 heterocycles. The third-order valence-corrected chi connectivity index (χ3v) is 5.57. The van der Waals surface area contributed by atoms with Gasteiger partial charge in [-0.05, 0) is 25.0 Å². The molecule has 1 saturated carbocycles. The van der Waals surface area contributed by atoms with Crippen molar-refractivity contribution < 1.29 is 27.5 Å². The number of hydrogen-bond donors (Lipinski definition) is 2. The number of amides is 3. The highest BCUT2D eigenvalue weighted by atomic mass is 35.5. The van der Waals surface area contributed by atoms with E-state index in [4.69, 9.17) is 17.3 Å². The Labute approximate surface area is 180 Å². The van der Waals surface area contributed by atoms with Gasteiger partial charge in [-0.25, -0.2) is 4.79 Å². The first-order chi connectivity index (χ1) is 14.6. The number of fused-ring (bicyclic) bond motifs is 1. The summed E-state index contributed by atoms with van der Waals surface area (Å²) in [7, 11) is 0. The Bertz CT molecular complexity index is 1020. The van der Waals surface area contributed by atoms with Crippen LogP contribution in [0.5, 0.6) is 0 Å². The van der Waals surface area contributed by atoms with Crippen molar-refractivity contribution >= 4 is 23.5 Å². The van der Waals surface area contributed by atoms with E-state index in [0.717, 1.165) is 0 Å². The molecule has 12 heteroatoms. The number of nitrogens with one attached hydrogen (secondary N) is 1. The smallest absolute Gasteiger partial charge is 0.365 e. The molecule has 1 aliphatic carbocycles. The van der Waals surface area contributed by atoms with E-state index in [0.29, 0.717) is 35.1 Å². The second-order valence-electron chi connectivity index (χ2n) is 7.49. The molecular weight excluding hydrogens is 439 g/mol. The van der Waals surface area contributed by atoms with Gasteiger partial charge in [-0.15, -0.1) is 13.2 Å². The topological polar surface area (TPSA) is 102 Å². The van der Waals surface area contributed by atoms with Crippen molar-refractivity contribution in [1.82, 2.24) is 20.0 Å². The van der Waals surface area contributed by atoms with Crippen LogP contribution in [-0.4, -0.2) is 51.7 Å². The lowest BCUT2D eigenvalue weighted by Crippen LogP contribution is -2.54. The van der Waals surface area contributed by atoms with Crippen molar-refractivity contribution in [1.29, 1.82) is 0 Å². The van der Waals surface area contributed by atoms with Crippen LogP contribution in [0.25, 0.3) is 11.3 Å². The van der Waals surface area contributed by atoms with Crippen molar-refractivity contribution in [2.75, 3.05) is 6.54 Å². The number of urea groups is 1. The number of primary amides is 1. The van der Waals surface area contributed by atoms with Crippen molar-refractivity contribution in [3.8, 4) is 11.3 Å². The molecule has 2 aromatic rings. The van der Waals surface area contributed by atoms with Crippen LogP contribution in [0.15, 0.2) is 24.3 Å². The maximum absolute atomic E-state index is 12.6. The number of nitrogens with two attached hydrogens (primary N) is 1. The van der Waals surface area contributed by atoms with Crippen molar-refractivity contribution in [3.05, 3.63) is 40.5 Å². The van der Waals surface area contributed by atoms with E-state index >= 15 is 0 Å². The summed E-state index contributed by atoms with van der Waals surface area (Å²) in [6.45, 7) is 0.754. The van der Waals surface area contributed by atoms with Gasteiger partial charge in [-0.2, -0.15) is 5.10 Å². The summed E-state index contributed by atoms with van der Waals surface area (Å²) >= 11 is 6.05. The second kappa shape index (κ2) is 8.04. The van der Waals surface area contributed by atoms with Crippen LogP contribution in [0.3, 0.4) is 0 Å². The minimum atomic E-state index is -4.68. The zero-order chi connectivity index (χ0) is 22.3. The van der Waals surface area contributed by atoms with E-state index in [9.17, 15) is 22.8 Å². The molecule has 1 fully saturated rings. The molecule has 1 aromatic carbocycles. The van der Waals surface area contributed by atoms with Gasteiger partial charge in [-0.1, -0.05) is 23.7 Å². The van der Waals surface area contributed by atoms with Crippen LogP contribution in [0.1, 0.15) is 28.9 Å². The van der Waals surface area contributed by atoms with Crippen LogP contribution < -0.4 is 11.1 Å². The molecule has 166 valence electrons. The summed E-state index contributed by atoms with van der Waals surface area (Å²) in [4.78, 5) is 26.3. The largest absolute Gasteiger partial charge is 0.522 e. The minimum absolute atomic E-state index is 0.0858. The van der Waals surface area contributed by atoms with E-state index in [-0.39, 0.29) is 24.9 Å². The fraction of sp³-hybridized carbons (Fsp3) is 0.421. The predicted molar refractivity (Wildman–Crippen MR) is 104 cm³/mol. The van der Waals surface area contributed by atoms with Crippen molar-refractivity contribution in [2.45, 2.75) is 44.4 Å². The van der Waals surface area contributed by atoms with Gasteiger partial charge >= 0.3 is 12.4 Å². The molecule has 1 aliphatic heterocycles. The Balaban J connectivity index is 1.46. The molecule has 0 saturated heterocycles. The molecular formula is C19H19ClF3N5O3. The number of rotatable bonds is 4. The highest BCUT2D eigenvalue weighted by Crippen LogP contribution is 2.32. The third kappa shape index (κ3) is 4.62. The van der Waals surface area contributed by atoms with Gasteiger partial charge in [0, 0.05) is 23.2 Å². The predicted octanol–water partition coefficient (Wildman–Crippen LogP) is 2.90. The zero-order valence-electron chi connectivity index (χ0n) is 16.2. The van der Waals surface area contributed by atoms with E-state index in [1.807, 2.05) is 0 Å². The Morgan fingerprint density at radius 3 is 2.65 bits per heavy atom. The zero-order valence-corrected chi connectivity index (χ0v) is 16.9. The monoisotopic (exact) mass is 457 g/mol. The fourth-order valence-electron chi connectivity index (χ4n) is 3.82. The van der Waals surface area contributed by atoms with E-state index in [1.54, 1.807) is 28.9 Å². The Kier molecular flexibility index (Phi) is 5.56. The van der Waals surface area contributed by atoms with Crippen molar-refractivity contribution in [2.24, 2.45) is 5.73 Å². The molecule has 3 N–H and O–H groups in total. The van der Waals surface area contributed by atoms with Crippen LogP contribution in [-0.2, 0) is 17.8 Å². The number of hydrogen-bond acceptors (Lipinski definition) is 4. The average Bonchev–Trinajstić information content (AvgIpc) is 3.04. The van der Waals surface area contributed by atoms with Crippen LogP contribution in [0.4, 0.5) is 18.0 Å². The summed E-state index contributed by atoms with van der Waals surface area (Å²) in [6.07, 6.45) is -5.46. The highest BCUT2D eigenvalue weighted by molar-refractivity contribution is 6.30. The summed E-state index contributed by atoms with van der Waals surface area (Å²) < 4.78 is 42.3. The lowest BCUT2D eigenvalue weighted by molar-refractivity contribution is -0.351. The van der Waals surface area contributed by atoms with E-state index in [1.165, 1.54) is 4.90 Å². The van der Waals surface area contributed by atoms with Crippen molar-refractivity contribution in [3.63, 3.8) is 0 Å². The van der Waals surface area contributed by atoms with Gasteiger partial charge in [0.15, 0.2) is 0 Å². The number of ether oxygens (including phenoxy) is 1. The van der Waals surface area contributed by atoms with Gasteiger partial charge in [-0.3, -0.25) is 14.2 Å². The third-order valence-electron chi connectivity index (χ3n) is 5.33. The number of alkyl halides is 3. The van der Waals surface area contributed by atoms with Gasteiger partial charge in [0.2, 0.25) is 0 Å². The minimum Gasteiger partial charge on any atom is -0.365 e. The van der Waals surface area contributed by atoms with E-state index < -0.39 is 30.4 Å². The SMILES string of the molecule is NC(=O)c1c(-c2cccc(Cl)c2)nn2c1CN(C(=O)NC1CC(OC(F)(F)F)C1)CC2. The van der Waals surface area contributed by atoms with Gasteiger partial charge in [0.1, 0.15) is 5.69 Å². The Morgan fingerprint density at radius 2 is 2.00 bits per heavy atom. The molecule has 2 aliphatic rings. The molecule has 4 rings (SSSR count). The molecule has 1 aromatic heterocycles. The second-order valence-corrected chi connectivity index (χ2v) is 7.93. The number of aromatic nitrogens is 2. The average molecular weight is 458 g/mol. The summed E-state index contributed by atoms with van der Waals surface area (Å²) in [6, 6.07) is 6.03.